The minimum atomic E-state index is -0.804. The van der Waals surface area contributed by atoms with Crippen LogP contribution in [0.4, 0.5) is 5.69 Å². The Kier molecular flexibility index (Phi) is 4.84. The van der Waals surface area contributed by atoms with Gasteiger partial charge in [0.25, 0.3) is 0 Å². The Bertz CT molecular complexity index is 468. The molecule has 0 saturated carbocycles. The zero-order valence-corrected chi connectivity index (χ0v) is 11.0. The van der Waals surface area contributed by atoms with E-state index in [1.807, 2.05) is 6.07 Å². The smallest absolute Gasteiger partial charge is 0.317 e. The first-order valence-corrected chi connectivity index (χ1v) is 5.66. The summed E-state index contributed by atoms with van der Waals surface area (Å²) in [7, 11) is 0. The van der Waals surface area contributed by atoms with Gasteiger partial charge in [-0.15, -0.1) is 0 Å². The number of carbonyl (C=O) groups excluding carboxylic acids is 2. The fraction of sp³-hybridized carbons (Fsp3) is 0.182. The fourth-order valence-electron chi connectivity index (χ4n) is 0.955. The molecule has 90 valence electrons. The molecule has 5 nitrogen and oxygen atoms in total. The van der Waals surface area contributed by atoms with Gasteiger partial charge < -0.3 is 5.32 Å². The molecule has 0 aromatic heterocycles. The Morgan fingerprint density at radius 3 is 2.41 bits per heavy atom. The van der Waals surface area contributed by atoms with Crippen molar-refractivity contribution >= 4 is 39.1 Å². The predicted molar refractivity (Wildman–Crippen MR) is 69.7 cm³/mol. The van der Waals surface area contributed by atoms with Gasteiger partial charge in [-0.3, -0.25) is 9.59 Å². The first-order valence-electron chi connectivity index (χ1n) is 4.87. The molecule has 0 saturated heterocycles. The Hall–Kier alpha value is -1.69. The summed E-state index contributed by atoms with van der Waals surface area (Å²) in [6.07, 6.45) is 0. The van der Waals surface area contributed by atoms with Gasteiger partial charge in [-0.2, -0.15) is 5.10 Å². The highest BCUT2D eigenvalue weighted by molar-refractivity contribution is 9.10. The van der Waals surface area contributed by atoms with Gasteiger partial charge in [-0.25, -0.2) is 5.43 Å². The second-order valence-corrected chi connectivity index (χ2v) is 4.29. The third kappa shape index (κ3) is 4.36. The van der Waals surface area contributed by atoms with Crippen LogP contribution >= 0.6 is 15.9 Å². The fourth-order valence-corrected chi connectivity index (χ4v) is 1.34. The lowest BCUT2D eigenvalue weighted by Gasteiger charge is -2.05. The number of nitrogens with one attached hydrogen (secondary N) is 2. The van der Waals surface area contributed by atoms with E-state index < -0.39 is 11.8 Å². The Morgan fingerprint density at radius 2 is 1.82 bits per heavy atom. The van der Waals surface area contributed by atoms with E-state index in [4.69, 9.17) is 0 Å². The number of hydrogen-bond acceptors (Lipinski definition) is 3. The number of benzene rings is 1. The maximum absolute atomic E-state index is 11.5. The van der Waals surface area contributed by atoms with E-state index in [0.29, 0.717) is 15.9 Å². The third-order valence-corrected chi connectivity index (χ3v) is 2.40. The van der Waals surface area contributed by atoms with Crippen molar-refractivity contribution in [3.63, 3.8) is 0 Å². The van der Waals surface area contributed by atoms with Crippen molar-refractivity contribution in [2.45, 2.75) is 13.8 Å². The number of hydrogen-bond donors (Lipinski definition) is 2. The van der Waals surface area contributed by atoms with Crippen LogP contribution in [0.2, 0.25) is 0 Å². The average molecular weight is 298 g/mol. The molecule has 0 bridgehead atoms. The van der Waals surface area contributed by atoms with Crippen LogP contribution in [0.3, 0.4) is 0 Å². The second kappa shape index (κ2) is 6.15. The summed E-state index contributed by atoms with van der Waals surface area (Å²) in [5, 5.41) is 6.12. The van der Waals surface area contributed by atoms with Gasteiger partial charge in [-0.1, -0.05) is 12.1 Å². The molecule has 1 rings (SSSR count). The van der Waals surface area contributed by atoms with Gasteiger partial charge in [0.05, 0.1) is 5.69 Å². The molecule has 0 spiro atoms. The molecule has 1 aromatic rings. The Labute approximate surface area is 107 Å². The van der Waals surface area contributed by atoms with E-state index >= 15 is 0 Å². The summed E-state index contributed by atoms with van der Waals surface area (Å²) in [5.41, 5.74) is 3.33. The molecule has 0 atom stereocenters. The van der Waals surface area contributed by atoms with E-state index in [0.717, 1.165) is 0 Å². The molecule has 2 amide bonds. The Morgan fingerprint density at radius 1 is 1.18 bits per heavy atom. The molecule has 17 heavy (non-hydrogen) atoms. The number of halogens is 1. The van der Waals surface area contributed by atoms with Crippen molar-refractivity contribution in [2.24, 2.45) is 5.10 Å². The summed E-state index contributed by atoms with van der Waals surface area (Å²) in [4.78, 5) is 22.8. The minimum Gasteiger partial charge on any atom is -0.317 e. The topological polar surface area (TPSA) is 70.6 Å². The van der Waals surface area contributed by atoms with Crippen LogP contribution in [-0.2, 0) is 9.59 Å². The first kappa shape index (κ1) is 13.4. The van der Waals surface area contributed by atoms with E-state index in [1.165, 1.54) is 0 Å². The number of anilines is 1. The van der Waals surface area contributed by atoms with Crippen molar-refractivity contribution in [3.8, 4) is 0 Å². The molecule has 0 aliphatic heterocycles. The van der Waals surface area contributed by atoms with Crippen molar-refractivity contribution in [1.29, 1.82) is 0 Å². The van der Waals surface area contributed by atoms with Crippen molar-refractivity contribution in [3.05, 3.63) is 28.7 Å². The standard InChI is InChI=1S/C11H12BrN3O2/c1-7(2)14-15-11(17)10(16)13-9-6-4-3-5-8(9)12/h3-6H,1-2H3,(H,13,16)(H,15,17). The normalized spacial score (nSPS) is 9.35. The van der Waals surface area contributed by atoms with Crippen LogP contribution in [-0.4, -0.2) is 17.5 Å². The molecule has 1 aromatic carbocycles. The molecule has 6 heteroatoms. The molecule has 0 radical (unpaired) electrons. The lowest BCUT2D eigenvalue weighted by molar-refractivity contribution is -0.136. The minimum absolute atomic E-state index is 0.532. The number of carbonyl (C=O) groups is 2. The van der Waals surface area contributed by atoms with E-state index in [1.54, 1.807) is 32.0 Å². The molecule has 0 fully saturated rings. The van der Waals surface area contributed by atoms with Crippen LogP contribution in [0.25, 0.3) is 0 Å². The largest absolute Gasteiger partial charge is 0.329 e. The molecular formula is C11H12BrN3O2. The summed E-state index contributed by atoms with van der Waals surface area (Å²) in [6.45, 7) is 3.43. The van der Waals surface area contributed by atoms with Crippen LogP contribution < -0.4 is 10.7 Å². The monoisotopic (exact) mass is 297 g/mol. The lowest BCUT2D eigenvalue weighted by Crippen LogP contribution is -2.32. The SMILES string of the molecule is CC(C)=NNC(=O)C(=O)Nc1ccccc1Br. The van der Waals surface area contributed by atoms with Crippen LogP contribution in [0.5, 0.6) is 0 Å². The summed E-state index contributed by atoms with van der Waals surface area (Å²) in [5.74, 6) is -1.57. The van der Waals surface area contributed by atoms with Gasteiger partial charge in [0.2, 0.25) is 0 Å². The molecule has 0 unspecified atom stereocenters. The highest BCUT2D eigenvalue weighted by atomic mass is 79.9. The summed E-state index contributed by atoms with van der Waals surface area (Å²) in [6, 6.07) is 7.02. The maximum Gasteiger partial charge on any atom is 0.329 e. The van der Waals surface area contributed by atoms with Crippen LogP contribution in [0, 0.1) is 0 Å². The summed E-state index contributed by atoms with van der Waals surface area (Å²) >= 11 is 3.26. The van der Waals surface area contributed by atoms with Gasteiger partial charge in [0.15, 0.2) is 0 Å². The lowest BCUT2D eigenvalue weighted by atomic mass is 10.3. The van der Waals surface area contributed by atoms with E-state index in [9.17, 15) is 9.59 Å². The van der Waals surface area contributed by atoms with Gasteiger partial charge in [0.1, 0.15) is 0 Å². The highest BCUT2D eigenvalue weighted by Gasteiger charge is 2.13. The molecular weight excluding hydrogens is 286 g/mol. The number of amides is 2. The number of para-hydroxylation sites is 1. The number of nitrogens with zero attached hydrogens (tertiary/aromatic N) is 1. The van der Waals surface area contributed by atoms with Gasteiger partial charge in [0, 0.05) is 10.2 Å². The first-order chi connectivity index (χ1) is 8.00. The second-order valence-electron chi connectivity index (χ2n) is 3.43. The van der Waals surface area contributed by atoms with Gasteiger partial charge >= 0.3 is 11.8 Å². The zero-order chi connectivity index (χ0) is 12.8. The highest BCUT2D eigenvalue weighted by Crippen LogP contribution is 2.20. The van der Waals surface area contributed by atoms with Crippen molar-refractivity contribution < 1.29 is 9.59 Å². The van der Waals surface area contributed by atoms with Crippen LogP contribution in [0.1, 0.15) is 13.8 Å². The molecule has 0 heterocycles. The quantitative estimate of drug-likeness (QED) is 0.497. The number of hydrazone groups is 1. The number of rotatable bonds is 2. The van der Waals surface area contributed by atoms with Crippen molar-refractivity contribution in [2.75, 3.05) is 5.32 Å². The maximum atomic E-state index is 11.5. The van der Waals surface area contributed by atoms with E-state index in [2.05, 4.69) is 31.8 Å². The molecule has 2 N–H and O–H groups in total. The third-order valence-electron chi connectivity index (χ3n) is 1.71. The predicted octanol–water partition coefficient (Wildman–Crippen LogP) is 1.90. The van der Waals surface area contributed by atoms with E-state index in [-0.39, 0.29) is 0 Å². The van der Waals surface area contributed by atoms with Crippen molar-refractivity contribution in [1.82, 2.24) is 5.43 Å². The average Bonchev–Trinajstić information content (AvgIpc) is 2.28. The summed E-state index contributed by atoms with van der Waals surface area (Å²) < 4.78 is 0.705. The molecule has 0 aliphatic carbocycles. The Balaban J connectivity index is 2.64. The van der Waals surface area contributed by atoms with Crippen LogP contribution in [0.15, 0.2) is 33.8 Å². The zero-order valence-electron chi connectivity index (χ0n) is 9.45. The molecule has 0 aliphatic rings. The van der Waals surface area contributed by atoms with Gasteiger partial charge in [-0.05, 0) is 41.9 Å².